The Morgan fingerprint density at radius 3 is 2.87 bits per heavy atom. The SMILES string of the molecule is COCCCn1c(=S)[nH]c2cc(C(=O)NCc3cccnc3N(C)C)ccc2c1=O. The van der Waals surface area contributed by atoms with Crippen molar-refractivity contribution in [3.63, 3.8) is 0 Å². The van der Waals surface area contributed by atoms with Crippen LogP contribution >= 0.6 is 12.2 Å². The number of nitrogens with zero attached hydrogens (tertiary/aromatic N) is 3. The highest BCUT2D eigenvalue weighted by Crippen LogP contribution is 2.15. The number of carbonyl (C=O) groups is 1. The molecule has 8 nitrogen and oxygen atoms in total. The fraction of sp³-hybridized carbons (Fsp3) is 0.333. The van der Waals surface area contributed by atoms with Crippen molar-refractivity contribution in [1.82, 2.24) is 19.9 Å². The third kappa shape index (κ3) is 4.74. The highest BCUT2D eigenvalue weighted by atomic mass is 32.1. The van der Waals surface area contributed by atoms with E-state index in [1.807, 2.05) is 31.1 Å². The van der Waals surface area contributed by atoms with Gasteiger partial charge in [-0.05, 0) is 42.9 Å². The molecule has 0 saturated carbocycles. The normalized spacial score (nSPS) is 10.9. The van der Waals surface area contributed by atoms with Crippen LogP contribution in [0.15, 0.2) is 41.3 Å². The molecule has 30 heavy (non-hydrogen) atoms. The fourth-order valence-electron chi connectivity index (χ4n) is 3.21. The maximum atomic E-state index is 12.8. The summed E-state index contributed by atoms with van der Waals surface area (Å²) in [6.45, 7) is 1.36. The number of aromatic nitrogens is 3. The molecule has 0 spiro atoms. The summed E-state index contributed by atoms with van der Waals surface area (Å²) in [5.74, 6) is 0.559. The van der Waals surface area contributed by atoms with Crippen molar-refractivity contribution in [2.24, 2.45) is 0 Å². The number of carbonyl (C=O) groups excluding carboxylic acids is 1. The number of rotatable bonds is 8. The number of amides is 1. The van der Waals surface area contributed by atoms with Gasteiger partial charge < -0.3 is 19.9 Å². The molecule has 1 amide bonds. The summed E-state index contributed by atoms with van der Waals surface area (Å²) in [5, 5.41) is 3.39. The Hall–Kier alpha value is -3.04. The smallest absolute Gasteiger partial charge is 0.262 e. The molecule has 0 fully saturated rings. The molecule has 0 aliphatic carbocycles. The number of hydrogen-bond donors (Lipinski definition) is 2. The van der Waals surface area contributed by atoms with Gasteiger partial charge in [-0.25, -0.2) is 4.98 Å². The molecule has 2 N–H and O–H groups in total. The van der Waals surface area contributed by atoms with E-state index in [2.05, 4.69) is 15.3 Å². The molecule has 3 aromatic rings. The quantitative estimate of drug-likeness (QED) is 0.424. The molecular weight excluding hydrogens is 402 g/mol. The van der Waals surface area contributed by atoms with Gasteiger partial charge in [-0.3, -0.25) is 14.2 Å². The maximum absolute atomic E-state index is 12.8. The molecule has 0 aliphatic heterocycles. The molecule has 0 unspecified atom stereocenters. The van der Waals surface area contributed by atoms with E-state index in [4.69, 9.17) is 17.0 Å². The lowest BCUT2D eigenvalue weighted by molar-refractivity contribution is 0.0951. The van der Waals surface area contributed by atoms with E-state index in [1.54, 1.807) is 31.5 Å². The summed E-state index contributed by atoms with van der Waals surface area (Å²) in [6.07, 6.45) is 2.40. The molecule has 0 saturated heterocycles. The van der Waals surface area contributed by atoms with Gasteiger partial charge in [-0.2, -0.15) is 0 Å². The summed E-state index contributed by atoms with van der Waals surface area (Å²) >= 11 is 5.33. The molecule has 0 radical (unpaired) electrons. The Labute approximate surface area is 179 Å². The number of nitrogens with one attached hydrogen (secondary N) is 2. The van der Waals surface area contributed by atoms with Gasteiger partial charge in [-0.1, -0.05) is 6.07 Å². The molecule has 1 aromatic carbocycles. The van der Waals surface area contributed by atoms with E-state index in [0.717, 1.165) is 11.4 Å². The van der Waals surface area contributed by atoms with Crippen molar-refractivity contribution in [3.8, 4) is 0 Å². The highest BCUT2D eigenvalue weighted by Gasteiger charge is 2.12. The topological polar surface area (TPSA) is 92.2 Å². The monoisotopic (exact) mass is 427 g/mol. The van der Waals surface area contributed by atoms with Crippen molar-refractivity contribution in [3.05, 3.63) is 62.8 Å². The minimum atomic E-state index is -0.242. The average molecular weight is 428 g/mol. The minimum Gasteiger partial charge on any atom is -0.385 e. The zero-order valence-corrected chi connectivity index (χ0v) is 18.1. The molecular formula is C21H25N5O3S. The van der Waals surface area contributed by atoms with Gasteiger partial charge in [0, 0.05) is 58.2 Å². The van der Waals surface area contributed by atoms with Crippen molar-refractivity contribution >= 4 is 34.8 Å². The largest absolute Gasteiger partial charge is 0.385 e. The van der Waals surface area contributed by atoms with E-state index in [0.29, 0.717) is 47.4 Å². The Morgan fingerprint density at radius 2 is 2.13 bits per heavy atom. The molecule has 3 rings (SSSR count). The standard InChI is InChI=1S/C21H25N5O3S/c1-25(2)18-15(6-4-9-22-18)13-23-19(27)14-7-8-16-17(12-14)24-21(30)26(20(16)28)10-5-11-29-3/h4,6-9,12H,5,10-11,13H2,1-3H3,(H,23,27)(H,24,30). The number of ether oxygens (including phenoxy) is 1. The van der Waals surface area contributed by atoms with Crippen LogP contribution in [0.2, 0.25) is 0 Å². The van der Waals surface area contributed by atoms with Gasteiger partial charge in [0.2, 0.25) is 0 Å². The molecule has 9 heteroatoms. The number of benzene rings is 1. The number of H-pyrrole nitrogens is 1. The summed E-state index contributed by atoms with van der Waals surface area (Å²) in [4.78, 5) is 34.7. The van der Waals surface area contributed by atoms with E-state index >= 15 is 0 Å². The van der Waals surface area contributed by atoms with Gasteiger partial charge in [0.05, 0.1) is 10.9 Å². The zero-order chi connectivity index (χ0) is 21.7. The summed E-state index contributed by atoms with van der Waals surface area (Å²) < 4.78 is 6.88. The van der Waals surface area contributed by atoms with Crippen molar-refractivity contribution in [2.75, 3.05) is 32.7 Å². The molecule has 0 aliphatic rings. The number of hydrogen-bond acceptors (Lipinski definition) is 6. The number of aromatic amines is 1. The van der Waals surface area contributed by atoms with Crippen LogP contribution in [0.1, 0.15) is 22.3 Å². The average Bonchev–Trinajstić information content (AvgIpc) is 2.74. The number of methoxy groups -OCH3 is 1. The predicted molar refractivity (Wildman–Crippen MR) is 120 cm³/mol. The second kappa shape index (κ2) is 9.64. The van der Waals surface area contributed by atoms with Crippen LogP contribution in [0.4, 0.5) is 5.82 Å². The summed E-state index contributed by atoms with van der Waals surface area (Å²) in [6, 6.07) is 8.71. The molecule has 2 heterocycles. The van der Waals surface area contributed by atoms with Gasteiger partial charge in [0.25, 0.3) is 11.5 Å². The minimum absolute atomic E-state index is 0.178. The summed E-state index contributed by atoms with van der Waals surface area (Å²) in [7, 11) is 5.43. The molecule has 158 valence electrons. The van der Waals surface area contributed by atoms with E-state index in [9.17, 15) is 9.59 Å². The number of pyridine rings is 1. The van der Waals surface area contributed by atoms with Gasteiger partial charge in [0.1, 0.15) is 5.82 Å². The van der Waals surface area contributed by atoms with E-state index in [1.165, 1.54) is 4.57 Å². The first kappa shape index (κ1) is 21.7. The third-order valence-electron chi connectivity index (χ3n) is 4.70. The zero-order valence-electron chi connectivity index (χ0n) is 17.3. The van der Waals surface area contributed by atoms with E-state index < -0.39 is 0 Å². The van der Waals surface area contributed by atoms with Crippen LogP contribution in [0.3, 0.4) is 0 Å². The maximum Gasteiger partial charge on any atom is 0.262 e. The van der Waals surface area contributed by atoms with Crippen LogP contribution in [0, 0.1) is 4.77 Å². The van der Waals surface area contributed by atoms with E-state index in [-0.39, 0.29) is 11.5 Å². The molecule has 0 atom stereocenters. The number of fused-ring (bicyclic) bond motifs is 1. The Balaban J connectivity index is 1.82. The summed E-state index contributed by atoms with van der Waals surface area (Å²) in [5.41, 5.74) is 1.72. The lowest BCUT2D eigenvalue weighted by atomic mass is 10.1. The third-order valence-corrected chi connectivity index (χ3v) is 5.03. The Morgan fingerprint density at radius 1 is 1.33 bits per heavy atom. The van der Waals surface area contributed by atoms with Gasteiger partial charge in [-0.15, -0.1) is 0 Å². The first-order valence-electron chi connectivity index (χ1n) is 9.57. The predicted octanol–water partition coefficient (Wildman–Crippen LogP) is 2.49. The van der Waals surface area contributed by atoms with Crippen molar-refractivity contribution in [1.29, 1.82) is 0 Å². The second-order valence-electron chi connectivity index (χ2n) is 7.06. The van der Waals surface area contributed by atoms with Crippen LogP contribution in [0.25, 0.3) is 10.9 Å². The Bertz CT molecular complexity index is 1170. The molecule has 2 aromatic heterocycles. The van der Waals surface area contributed by atoms with Gasteiger partial charge >= 0.3 is 0 Å². The highest BCUT2D eigenvalue weighted by molar-refractivity contribution is 7.71. The lowest BCUT2D eigenvalue weighted by Crippen LogP contribution is -2.25. The first-order valence-corrected chi connectivity index (χ1v) is 9.98. The second-order valence-corrected chi connectivity index (χ2v) is 7.44. The first-order chi connectivity index (χ1) is 14.4. The fourth-order valence-corrected chi connectivity index (χ4v) is 3.50. The van der Waals surface area contributed by atoms with Crippen LogP contribution in [-0.4, -0.2) is 48.3 Å². The van der Waals surface area contributed by atoms with Crippen LogP contribution in [-0.2, 0) is 17.8 Å². The van der Waals surface area contributed by atoms with Crippen LogP contribution < -0.4 is 15.8 Å². The van der Waals surface area contributed by atoms with Gasteiger partial charge in [0.15, 0.2) is 4.77 Å². The lowest BCUT2D eigenvalue weighted by Gasteiger charge is -2.16. The number of anilines is 1. The Kier molecular flexibility index (Phi) is 6.96. The van der Waals surface area contributed by atoms with Crippen molar-refractivity contribution < 1.29 is 9.53 Å². The van der Waals surface area contributed by atoms with Crippen molar-refractivity contribution in [2.45, 2.75) is 19.5 Å². The van der Waals surface area contributed by atoms with Crippen LogP contribution in [0.5, 0.6) is 0 Å². The molecule has 0 bridgehead atoms.